The first-order chi connectivity index (χ1) is 9.19. The van der Waals surface area contributed by atoms with Gasteiger partial charge in [0.2, 0.25) is 5.91 Å². The van der Waals surface area contributed by atoms with Crippen molar-refractivity contribution >= 4 is 17.7 Å². The minimum absolute atomic E-state index is 0.208. The largest absolute Gasteiger partial charge is 0.368 e. The fourth-order valence-electron chi connectivity index (χ4n) is 2.98. The molecule has 1 aromatic rings. The summed E-state index contributed by atoms with van der Waals surface area (Å²) in [5.74, 6) is 1.10. The number of nitrogens with zero attached hydrogens (tertiary/aromatic N) is 1. The summed E-state index contributed by atoms with van der Waals surface area (Å²) in [6.45, 7) is 0. The first-order valence-corrected chi connectivity index (χ1v) is 7.70. The van der Waals surface area contributed by atoms with Gasteiger partial charge >= 0.3 is 0 Å². The number of nitrogens with one attached hydrogen (secondary N) is 1. The average molecular weight is 279 g/mol. The molecule has 3 N–H and O–H groups in total. The third-order valence-electron chi connectivity index (χ3n) is 4.06. The molecule has 1 saturated carbocycles. The third-order valence-corrected chi connectivity index (χ3v) is 5.04. The molecule has 1 aromatic heterocycles. The Bertz CT molecular complexity index is 426. The van der Waals surface area contributed by atoms with Crippen LogP contribution in [0, 0.1) is 5.92 Å². The zero-order valence-electron chi connectivity index (χ0n) is 11.3. The van der Waals surface area contributed by atoms with E-state index in [4.69, 9.17) is 5.73 Å². The summed E-state index contributed by atoms with van der Waals surface area (Å²) < 4.78 is 0. The lowest BCUT2D eigenvalue weighted by Crippen LogP contribution is -2.56. The zero-order chi connectivity index (χ0) is 13.7. The lowest BCUT2D eigenvalue weighted by Gasteiger charge is -2.32. The second kappa shape index (κ2) is 6.39. The number of thioether (sulfide) groups is 1. The van der Waals surface area contributed by atoms with Gasteiger partial charge in [-0.2, -0.15) is 0 Å². The van der Waals surface area contributed by atoms with Gasteiger partial charge in [-0.15, -0.1) is 11.8 Å². The molecule has 1 amide bonds. The Hall–Kier alpha value is -1.07. The molecule has 0 bridgehead atoms. The van der Waals surface area contributed by atoms with E-state index in [9.17, 15) is 4.79 Å². The van der Waals surface area contributed by atoms with E-state index in [0.717, 1.165) is 36.5 Å². The Labute approximate surface area is 118 Å². The van der Waals surface area contributed by atoms with E-state index >= 15 is 0 Å². The standard InChI is InChI=1S/C14H21N3OS/c1-16-14(13(15)18)8-4-5-11(14)7-10-19-12-6-2-3-9-17-12/h2-3,6,9,11,16H,4-5,7-8,10H2,1H3,(H2,15,18). The smallest absolute Gasteiger partial charge is 0.238 e. The summed E-state index contributed by atoms with van der Waals surface area (Å²) >= 11 is 1.74. The number of hydrogen-bond donors (Lipinski definition) is 2. The van der Waals surface area contributed by atoms with Crippen molar-refractivity contribution in [1.29, 1.82) is 0 Å². The molecule has 4 nitrogen and oxygen atoms in total. The number of likely N-dealkylation sites (N-methyl/N-ethyl adjacent to an activating group) is 1. The summed E-state index contributed by atoms with van der Waals surface area (Å²) in [5.41, 5.74) is 5.10. The van der Waals surface area contributed by atoms with Gasteiger partial charge in [-0.05, 0) is 50.1 Å². The molecular formula is C14H21N3OS. The Balaban J connectivity index is 1.90. The topological polar surface area (TPSA) is 68.0 Å². The van der Waals surface area contributed by atoms with E-state index < -0.39 is 5.54 Å². The van der Waals surface area contributed by atoms with Crippen LogP contribution >= 0.6 is 11.8 Å². The van der Waals surface area contributed by atoms with Crippen LogP contribution in [0.1, 0.15) is 25.7 Å². The predicted octanol–water partition coefficient (Wildman–Crippen LogP) is 1.81. The second-order valence-corrected chi connectivity index (χ2v) is 6.10. The summed E-state index contributed by atoms with van der Waals surface area (Å²) in [4.78, 5) is 16.0. The van der Waals surface area contributed by atoms with Gasteiger partial charge in [-0.3, -0.25) is 4.79 Å². The molecule has 104 valence electrons. The number of aromatic nitrogens is 1. The molecule has 2 rings (SSSR count). The number of primary amides is 1. The molecule has 0 aromatic carbocycles. The highest BCUT2D eigenvalue weighted by molar-refractivity contribution is 7.99. The maximum absolute atomic E-state index is 11.7. The van der Waals surface area contributed by atoms with Crippen LogP contribution in [0.4, 0.5) is 0 Å². The van der Waals surface area contributed by atoms with Crippen molar-refractivity contribution in [3.8, 4) is 0 Å². The molecule has 0 spiro atoms. The van der Waals surface area contributed by atoms with Gasteiger partial charge in [0.25, 0.3) is 0 Å². The maximum atomic E-state index is 11.7. The Morgan fingerprint density at radius 1 is 1.63 bits per heavy atom. The lowest BCUT2D eigenvalue weighted by atomic mass is 9.84. The van der Waals surface area contributed by atoms with Crippen molar-refractivity contribution in [3.05, 3.63) is 24.4 Å². The average Bonchev–Trinajstić information content (AvgIpc) is 2.84. The van der Waals surface area contributed by atoms with E-state index in [1.165, 1.54) is 0 Å². The molecule has 1 aliphatic rings. The van der Waals surface area contributed by atoms with E-state index in [0.29, 0.717) is 5.92 Å². The molecular weight excluding hydrogens is 258 g/mol. The van der Waals surface area contributed by atoms with Crippen molar-refractivity contribution in [2.75, 3.05) is 12.8 Å². The molecule has 1 aliphatic carbocycles. The maximum Gasteiger partial charge on any atom is 0.238 e. The number of carbonyl (C=O) groups excluding carboxylic acids is 1. The Kier molecular flexibility index (Phi) is 4.82. The van der Waals surface area contributed by atoms with Crippen molar-refractivity contribution in [3.63, 3.8) is 0 Å². The molecule has 5 heteroatoms. The predicted molar refractivity (Wildman–Crippen MR) is 77.9 cm³/mol. The van der Waals surface area contributed by atoms with Crippen molar-refractivity contribution in [2.24, 2.45) is 11.7 Å². The lowest BCUT2D eigenvalue weighted by molar-refractivity contribution is -0.125. The number of amides is 1. The highest BCUT2D eigenvalue weighted by Gasteiger charge is 2.45. The fourth-order valence-corrected chi connectivity index (χ4v) is 3.91. The quantitative estimate of drug-likeness (QED) is 0.779. The van der Waals surface area contributed by atoms with Crippen LogP contribution in [0.15, 0.2) is 29.4 Å². The van der Waals surface area contributed by atoms with Crippen LogP contribution in [0.5, 0.6) is 0 Å². The van der Waals surface area contributed by atoms with Gasteiger partial charge in [0, 0.05) is 6.20 Å². The van der Waals surface area contributed by atoms with Crippen LogP contribution in [-0.2, 0) is 4.79 Å². The summed E-state index contributed by atoms with van der Waals surface area (Å²) in [5, 5.41) is 4.21. The fraction of sp³-hybridized carbons (Fsp3) is 0.571. The Morgan fingerprint density at radius 2 is 2.47 bits per heavy atom. The summed E-state index contributed by atoms with van der Waals surface area (Å²) in [6, 6.07) is 5.92. The number of hydrogen-bond acceptors (Lipinski definition) is 4. The monoisotopic (exact) mass is 279 g/mol. The van der Waals surface area contributed by atoms with Gasteiger partial charge in [0.15, 0.2) is 0 Å². The van der Waals surface area contributed by atoms with Gasteiger partial charge in [0.1, 0.15) is 5.54 Å². The first-order valence-electron chi connectivity index (χ1n) is 6.71. The van der Waals surface area contributed by atoms with Crippen LogP contribution < -0.4 is 11.1 Å². The Morgan fingerprint density at radius 3 is 3.11 bits per heavy atom. The minimum atomic E-state index is -0.495. The molecule has 0 saturated heterocycles. The second-order valence-electron chi connectivity index (χ2n) is 4.98. The van der Waals surface area contributed by atoms with E-state index in [1.807, 2.05) is 25.2 Å². The summed E-state index contributed by atoms with van der Waals surface area (Å²) in [6.07, 6.45) is 5.80. The van der Waals surface area contributed by atoms with Crippen LogP contribution in [0.3, 0.4) is 0 Å². The van der Waals surface area contributed by atoms with E-state index in [-0.39, 0.29) is 5.91 Å². The van der Waals surface area contributed by atoms with Crippen LogP contribution in [0.25, 0.3) is 0 Å². The number of rotatable bonds is 6. The molecule has 0 radical (unpaired) electrons. The van der Waals surface area contributed by atoms with E-state index in [1.54, 1.807) is 18.0 Å². The van der Waals surface area contributed by atoms with Crippen molar-refractivity contribution in [2.45, 2.75) is 36.2 Å². The molecule has 19 heavy (non-hydrogen) atoms. The molecule has 2 unspecified atom stereocenters. The van der Waals surface area contributed by atoms with Crippen LogP contribution in [0.2, 0.25) is 0 Å². The zero-order valence-corrected chi connectivity index (χ0v) is 12.1. The number of pyridine rings is 1. The van der Waals surface area contributed by atoms with Gasteiger partial charge < -0.3 is 11.1 Å². The molecule has 1 heterocycles. The summed E-state index contributed by atoms with van der Waals surface area (Å²) in [7, 11) is 1.84. The van der Waals surface area contributed by atoms with E-state index in [2.05, 4.69) is 10.3 Å². The van der Waals surface area contributed by atoms with Gasteiger partial charge in [0.05, 0.1) is 5.03 Å². The first kappa shape index (κ1) is 14.3. The van der Waals surface area contributed by atoms with Crippen molar-refractivity contribution in [1.82, 2.24) is 10.3 Å². The van der Waals surface area contributed by atoms with Crippen LogP contribution in [-0.4, -0.2) is 29.2 Å². The molecule has 1 fully saturated rings. The normalized spacial score (nSPS) is 26.5. The van der Waals surface area contributed by atoms with Crippen molar-refractivity contribution < 1.29 is 4.79 Å². The molecule has 2 atom stereocenters. The van der Waals surface area contributed by atoms with Gasteiger partial charge in [-0.1, -0.05) is 12.5 Å². The minimum Gasteiger partial charge on any atom is -0.368 e. The number of nitrogens with two attached hydrogens (primary N) is 1. The highest BCUT2D eigenvalue weighted by Crippen LogP contribution is 2.38. The van der Waals surface area contributed by atoms with Gasteiger partial charge in [-0.25, -0.2) is 4.98 Å². The number of carbonyl (C=O) groups is 1. The molecule has 0 aliphatic heterocycles. The SMILES string of the molecule is CNC1(C(N)=O)CCCC1CCSc1ccccn1. The third kappa shape index (κ3) is 3.09. The highest BCUT2D eigenvalue weighted by atomic mass is 32.2.